The monoisotopic (exact) mass is 711 g/mol. The van der Waals surface area contributed by atoms with E-state index in [1.54, 1.807) is 42.1 Å². The molecular weight excluding hydrogens is 679 g/mol. The van der Waals surface area contributed by atoms with E-state index in [9.17, 15) is 18.0 Å². The standard InChI is InChI=1S/C24H21F2N7O2.C11H11FN4O/c1-13-7-18(26)17(8-21(13)32-10-20(27-12-32)14-5-6-14)24(34)28-19-4-2-3-16-22(19)35-11-15(9-25)33-23(16)29-30-31-33;12-4-7-5-17-10-8(2-1-3-9(10)13)11-15-14-6-16(7)11/h2-4,7-8,10,12,14-15H,5-6,9,11H2,1H3,(H,28,34);1-3,6-7H,4-5,13H2/t15-;7-/m11/s1. The van der Waals surface area contributed by atoms with E-state index in [2.05, 4.69) is 36.0 Å². The van der Waals surface area contributed by atoms with Crippen LogP contribution in [0.2, 0.25) is 0 Å². The molecule has 2 aliphatic heterocycles. The number of benzene rings is 3. The first-order valence-corrected chi connectivity index (χ1v) is 16.6. The number of ether oxygens (including phenoxy) is 2. The number of nitrogens with zero attached hydrogens (tertiary/aromatic N) is 9. The number of tetrazole rings is 1. The van der Waals surface area contributed by atoms with Crippen molar-refractivity contribution in [1.82, 2.24) is 44.5 Å². The fourth-order valence-electron chi connectivity index (χ4n) is 6.28. The van der Waals surface area contributed by atoms with E-state index in [1.807, 2.05) is 22.9 Å². The number of rotatable bonds is 6. The summed E-state index contributed by atoms with van der Waals surface area (Å²) >= 11 is 0. The van der Waals surface area contributed by atoms with Crippen LogP contribution in [0.3, 0.4) is 0 Å². The molecule has 0 radical (unpaired) electrons. The quantitative estimate of drug-likeness (QED) is 0.213. The van der Waals surface area contributed by atoms with Gasteiger partial charge in [-0.2, -0.15) is 0 Å². The molecule has 1 aliphatic carbocycles. The van der Waals surface area contributed by atoms with Gasteiger partial charge in [0.25, 0.3) is 5.91 Å². The highest BCUT2D eigenvalue weighted by Gasteiger charge is 2.29. The summed E-state index contributed by atoms with van der Waals surface area (Å²) in [5.74, 6) is 0.956. The van der Waals surface area contributed by atoms with Crippen LogP contribution in [-0.2, 0) is 0 Å². The number of hydrogen-bond acceptors (Lipinski definition) is 10. The molecule has 17 heteroatoms. The topological polar surface area (TPSA) is 166 Å². The Morgan fingerprint density at radius 2 is 1.71 bits per heavy atom. The summed E-state index contributed by atoms with van der Waals surface area (Å²) in [5, 5.41) is 22.1. The molecule has 0 unspecified atom stereocenters. The molecule has 1 saturated carbocycles. The maximum Gasteiger partial charge on any atom is 0.258 e. The highest BCUT2D eigenvalue weighted by atomic mass is 19.1. The molecule has 3 aliphatic rings. The Morgan fingerprint density at radius 1 is 0.962 bits per heavy atom. The van der Waals surface area contributed by atoms with Crippen molar-refractivity contribution in [2.75, 3.05) is 37.6 Å². The van der Waals surface area contributed by atoms with Crippen molar-refractivity contribution in [3.8, 4) is 40.0 Å². The number of para-hydroxylation sites is 2. The van der Waals surface area contributed by atoms with Gasteiger partial charge in [0.15, 0.2) is 23.1 Å². The smallest absolute Gasteiger partial charge is 0.258 e. The van der Waals surface area contributed by atoms with Crippen molar-refractivity contribution >= 4 is 17.3 Å². The van der Waals surface area contributed by atoms with E-state index >= 15 is 0 Å². The number of anilines is 2. The average molecular weight is 712 g/mol. The number of aryl methyl sites for hydroxylation is 1. The lowest BCUT2D eigenvalue weighted by Crippen LogP contribution is -2.19. The van der Waals surface area contributed by atoms with E-state index in [4.69, 9.17) is 15.2 Å². The van der Waals surface area contributed by atoms with Crippen LogP contribution in [0, 0.1) is 12.7 Å². The molecule has 0 bridgehead atoms. The van der Waals surface area contributed by atoms with Gasteiger partial charge >= 0.3 is 0 Å². The second kappa shape index (κ2) is 13.5. The van der Waals surface area contributed by atoms with Gasteiger partial charge in [0, 0.05) is 12.1 Å². The van der Waals surface area contributed by atoms with Crippen LogP contribution < -0.4 is 20.5 Å². The molecule has 5 heterocycles. The Labute approximate surface area is 294 Å². The second-order valence-corrected chi connectivity index (χ2v) is 12.7. The minimum absolute atomic E-state index is 0.0264. The lowest BCUT2D eigenvalue weighted by Gasteiger charge is -2.15. The molecule has 9 rings (SSSR count). The van der Waals surface area contributed by atoms with Crippen LogP contribution in [0.25, 0.3) is 28.5 Å². The summed E-state index contributed by atoms with van der Waals surface area (Å²) in [7, 11) is 0. The van der Waals surface area contributed by atoms with Crippen LogP contribution in [0.4, 0.5) is 24.5 Å². The van der Waals surface area contributed by atoms with Gasteiger partial charge in [0.2, 0.25) is 0 Å². The van der Waals surface area contributed by atoms with Crippen molar-refractivity contribution in [2.24, 2.45) is 0 Å². The highest BCUT2D eigenvalue weighted by Crippen LogP contribution is 2.41. The summed E-state index contributed by atoms with van der Waals surface area (Å²) in [5.41, 5.74) is 10.2. The van der Waals surface area contributed by atoms with Crippen LogP contribution in [0.1, 0.15) is 52.5 Å². The second-order valence-electron chi connectivity index (χ2n) is 12.7. The summed E-state index contributed by atoms with van der Waals surface area (Å²) in [6.45, 7) is 0.734. The lowest BCUT2D eigenvalue weighted by atomic mass is 10.1. The highest BCUT2D eigenvalue weighted by molar-refractivity contribution is 6.06. The van der Waals surface area contributed by atoms with Gasteiger partial charge in [-0.1, -0.05) is 12.1 Å². The minimum atomic E-state index is -0.720. The molecule has 14 nitrogen and oxygen atoms in total. The first-order chi connectivity index (χ1) is 25.3. The lowest BCUT2D eigenvalue weighted by molar-refractivity contribution is 0.102. The third-order valence-electron chi connectivity index (χ3n) is 9.20. The van der Waals surface area contributed by atoms with E-state index in [0.717, 1.165) is 24.1 Å². The SMILES string of the molecule is Cc1cc(F)c(C(=O)Nc2cccc3c2OC[C@@H](CF)n2nnnc2-3)cc1-n1cnc(C2CC2)c1.Nc1cccc2c1OC[C@@H](CF)n1cnnc1-2. The van der Waals surface area contributed by atoms with Crippen molar-refractivity contribution < 1.29 is 27.4 Å². The summed E-state index contributed by atoms with van der Waals surface area (Å²) in [6, 6.07) is 12.2. The maximum absolute atomic E-state index is 14.9. The zero-order valence-corrected chi connectivity index (χ0v) is 27.8. The van der Waals surface area contributed by atoms with Gasteiger partial charge in [0.1, 0.15) is 44.7 Å². The Kier molecular flexibility index (Phi) is 8.52. The fraction of sp³-hybridized carbons (Fsp3) is 0.286. The zero-order chi connectivity index (χ0) is 35.9. The Hall–Kier alpha value is -6.26. The molecule has 3 N–H and O–H groups in total. The predicted octanol–water partition coefficient (Wildman–Crippen LogP) is 5.44. The molecule has 0 saturated heterocycles. The molecule has 3 aromatic carbocycles. The van der Waals surface area contributed by atoms with Gasteiger partial charge in [-0.05, 0) is 72.2 Å². The number of imidazole rings is 1. The van der Waals surface area contributed by atoms with Crippen molar-refractivity contribution in [2.45, 2.75) is 37.8 Å². The van der Waals surface area contributed by atoms with Crippen LogP contribution in [0.15, 0.2) is 67.4 Å². The summed E-state index contributed by atoms with van der Waals surface area (Å²) < 4.78 is 57.7. The molecule has 1 amide bonds. The number of halogens is 3. The molecule has 2 atom stereocenters. The van der Waals surface area contributed by atoms with E-state index in [1.165, 1.54) is 23.1 Å². The van der Waals surface area contributed by atoms with E-state index < -0.39 is 37.2 Å². The maximum atomic E-state index is 14.9. The number of nitrogens with two attached hydrogens (primary N) is 1. The first kappa shape index (κ1) is 32.9. The Morgan fingerprint density at radius 3 is 2.50 bits per heavy atom. The van der Waals surface area contributed by atoms with Gasteiger partial charge in [-0.15, -0.1) is 15.3 Å². The van der Waals surface area contributed by atoms with Gasteiger partial charge in [-0.25, -0.2) is 22.8 Å². The fourth-order valence-corrected chi connectivity index (χ4v) is 6.28. The molecule has 6 aromatic rings. The third kappa shape index (κ3) is 5.96. The number of amides is 1. The number of alkyl halides is 2. The first-order valence-electron chi connectivity index (χ1n) is 16.6. The number of nitrogen functional groups attached to an aromatic ring is 1. The van der Waals surface area contributed by atoms with Gasteiger partial charge < -0.3 is 29.7 Å². The third-order valence-corrected chi connectivity index (χ3v) is 9.20. The largest absolute Gasteiger partial charge is 0.488 e. The number of carbonyl (C=O) groups excluding carboxylic acids is 1. The molecule has 266 valence electrons. The Bertz CT molecular complexity index is 2280. The summed E-state index contributed by atoms with van der Waals surface area (Å²) in [4.78, 5) is 17.7. The predicted molar refractivity (Wildman–Crippen MR) is 182 cm³/mol. The molecule has 0 spiro atoms. The van der Waals surface area contributed by atoms with Gasteiger partial charge in [-0.3, -0.25) is 4.79 Å². The number of hydrogen-bond donors (Lipinski definition) is 2. The summed E-state index contributed by atoms with van der Waals surface area (Å²) in [6.07, 6.45) is 7.37. The molecule has 3 aromatic heterocycles. The van der Waals surface area contributed by atoms with E-state index in [0.29, 0.717) is 57.3 Å². The Balaban J connectivity index is 0.000000190. The molecule has 52 heavy (non-hydrogen) atoms. The van der Waals surface area contributed by atoms with Crippen molar-refractivity contribution in [1.29, 1.82) is 0 Å². The van der Waals surface area contributed by atoms with Crippen LogP contribution in [-0.4, -0.2) is 77.0 Å². The minimum Gasteiger partial charge on any atom is -0.488 e. The average Bonchev–Trinajstić information content (AvgIpc) is 3.50. The molecule has 1 fully saturated rings. The van der Waals surface area contributed by atoms with Crippen molar-refractivity contribution in [3.63, 3.8) is 0 Å². The van der Waals surface area contributed by atoms with Crippen molar-refractivity contribution in [3.05, 3.63) is 90.0 Å². The van der Waals surface area contributed by atoms with Gasteiger partial charge in [0.05, 0.1) is 51.8 Å². The number of fused-ring (bicyclic) bond motifs is 6. The van der Waals surface area contributed by atoms with E-state index in [-0.39, 0.29) is 18.8 Å². The number of aromatic nitrogens is 9. The normalized spacial score (nSPS) is 17.1. The molecular formula is C35H32F3N11O3. The zero-order valence-electron chi connectivity index (χ0n) is 27.8. The number of carbonyl (C=O) groups is 1. The number of nitrogens with one attached hydrogen (secondary N) is 1. The van der Waals surface area contributed by atoms with Crippen LogP contribution >= 0.6 is 0 Å². The van der Waals surface area contributed by atoms with Crippen LogP contribution in [0.5, 0.6) is 11.5 Å².